The summed E-state index contributed by atoms with van der Waals surface area (Å²) in [5, 5.41) is 3.24. The lowest BCUT2D eigenvalue weighted by Crippen LogP contribution is -2.36. The van der Waals surface area contributed by atoms with Gasteiger partial charge in [-0.3, -0.25) is 0 Å². The molecule has 0 saturated carbocycles. The summed E-state index contributed by atoms with van der Waals surface area (Å²) in [7, 11) is 0. The van der Waals surface area contributed by atoms with E-state index in [0.717, 1.165) is 6.54 Å². The highest BCUT2D eigenvalue weighted by molar-refractivity contribution is 5.65. The van der Waals surface area contributed by atoms with Crippen molar-refractivity contribution in [3.63, 3.8) is 0 Å². The topological polar surface area (TPSA) is 38.0 Å². The van der Waals surface area contributed by atoms with Gasteiger partial charge in [-0.2, -0.15) is 0 Å². The highest BCUT2D eigenvalue weighted by atomic mass is 19.1. The van der Waals surface area contributed by atoms with E-state index in [0.29, 0.717) is 11.4 Å². The molecular weight excluding hydrogens is 215 g/mol. The summed E-state index contributed by atoms with van der Waals surface area (Å²) < 4.78 is 13.1. The molecule has 0 aromatic heterocycles. The van der Waals surface area contributed by atoms with Gasteiger partial charge in [-0.1, -0.05) is 34.6 Å². The summed E-state index contributed by atoms with van der Waals surface area (Å²) in [4.78, 5) is 0. The Balaban J connectivity index is 2.77. The molecule has 0 spiro atoms. The van der Waals surface area contributed by atoms with Crippen LogP contribution in [0, 0.1) is 16.6 Å². The van der Waals surface area contributed by atoms with Crippen LogP contribution in [0.1, 0.15) is 34.6 Å². The lowest BCUT2D eigenvalue weighted by atomic mass is 9.69. The minimum absolute atomic E-state index is 0.0890. The zero-order valence-corrected chi connectivity index (χ0v) is 11.4. The van der Waals surface area contributed by atoms with Crippen molar-refractivity contribution in [2.24, 2.45) is 10.8 Å². The van der Waals surface area contributed by atoms with Gasteiger partial charge in [-0.15, -0.1) is 0 Å². The molecule has 96 valence electrons. The molecule has 3 heteroatoms. The fourth-order valence-electron chi connectivity index (χ4n) is 1.26. The average molecular weight is 238 g/mol. The molecule has 2 nitrogen and oxygen atoms in total. The second-order valence-corrected chi connectivity index (χ2v) is 6.22. The van der Waals surface area contributed by atoms with Gasteiger partial charge in [-0.25, -0.2) is 4.39 Å². The Labute approximate surface area is 103 Å². The molecule has 1 aromatic rings. The first-order valence-corrected chi connectivity index (χ1v) is 5.92. The second kappa shape index (κ2) is 4.55. The molecular formula is C14H23FN2. The van der Waals surface area contributed by atoms with Crippen LogP contribution in [0.3, 0.4) is 0 Å². The Hall–Kier alpha value is -1.25. The maximum Gasteiger partial charge on any atom is 0.125 e. The van der Waals surface area contributed by atoms with Crippen LogP contribution < -0.4 is 11.1 Å². The molecule has 0 fully saturated rings. The predicted octanol–water partition coefficient (Wildman–Crippen LogP) is 3.89. The maximum absolute atomic E-state index is 13.1. The molecule has 1 aromatic carbocycles. The van der Waals surface area contributed by atoms with Crippen molar-refractivity contribution in [3.05, 3.63) is 24.0 Å². The van der Waals surface area contributed by atoms with E-state index < -0.39 is 0 Å². The van der Waals surface area contributed by atoms with Crippen molar-refractivity contribution in [3.8, 4) is 0 Å². The van der Waals surface area contributed by atoms with Crippen LogP contribution in [0.5, 0.6) is 0 Å². The molecule has 0 atom stereocenters. The van der Waals surface area contributed by atoms with Gasteiger partial charge in [0.15, 0.2) is 0 Å². The van der Waals surface area contributed by atoms with E-state index in [-0.39, 0.29) is 16.6 Å². The summed E-state index contributed by atoms with van der Waals surface area (Å²) in [6.45, 7) is 11.7. The molecule has 0 unspecified atom stereocenters. The molecule has 0 amide bonds. The van der Waals surface area contributed by atoms with Crippen molar-refractivity contribution < 1.29 is 4.39 Å². The molecule has 0 aliphatic carbocycles. The monoisotopic (exact) mass is 238 g/mol. The lowest BCUT2D eigenvalue weighted by molar-refractivity contribution is 0.148. The summed E-state index contributed by atoms with van der Waals surface area (Å²) in [6, 6.07) is 4.39. The minimum Gasteiger partial charge on any atom is -0.397 e. The zero-order chi connectivity index (χ0) is 13.3. The van der Waals surface area contributed by atoms with E-state index in [2.05, 4.69) is 39.9 Å². The van der Waals surface area contributed by atoms with Gasteiger partial charge in [0, 0.05) is 6.54 Å². The lowest BCUT2D eigenvalue weighted by Gasteiger charge is -2.39. The number of hydrogen-bond acceptors (Lipinski definition) is 2. The first-order chi connectivity index (χ1) is 7.63. The highest BCUT2D eigenvalue weighted by Crippen LogP contribution is 2.38. The minimum atomic E-state index is -0.268. The molecule has 0 aliphatic heterocycles. The van der Waals surface area contributed by atoms with E-state index in [1.165, 1.54) is 12.1 Å². The van der Waals surface area contributed by atoms with Crippen molar-refractivity contribution >= 4 is 11.4 Å². The van der Waals surface area contributed by atoms with Crippen LogP contribution in [0.4, 0.5) is 15.8 Å². The van der Waals surface area contributed by atoms with E-state index in [1.807, 2.05) is 0 Å². The molecule has 17 heavy (non-hydrogen) atoms. The Morgan fingerprint density at radius 3 is 2.29 bits per heavy atom. The zero-order valence-electron chi connectivity index (χ0n) is 11.4. The molecule has 0 radical (unpaired) electrons. The first kappa shape index (κ1) is 13.8. The standard InChI is InChI=1S/C14H23FN2/c1-13(2,3)14(4,5)9-17-12-8-10(15)6-7-11(12)16/h6-8,17H,9,16H2,1-5H3. The number of nitrogen functional groups attached to an aromatic ring is 1. The molecule has 1 rings (SSSR count). The van der Waals surface area contributed by atoms with Crippen LogP contribution in [0.15, 0.2) is 18.2 Å². The predicted molar refractivity (Wildman–Crippen MR) is 72.5 cm³/mol. The van der Waals surface area contributed by atoms with Gasteiger partial charge in [0.25, 0.3) is 0 Å². The van der Waals surface area contributed by atoms with Crippen LogP contribution in [0.25, 0.3) is 0 Å². The molecule has 3 N–H and O–H groups in total. The van der Waals surface area contributed by atoms with Crippen molar-refractivity contribution in [1.29, 1.82) is 0 Å². The van der Waals surface area contributed by atoms with E-state index in [1.54, 1.807) is 6.07 Å². The largest absolute Gasteiger partial charge is 0.397 e. The highest BCUT2D eigenvalue weighted by Gasteiger charge is 2.32. The SMILES string of the molecule is CC(C)(C)C(C)(C)CNc1cc(F)ccc1N. The van der Waals surface area contributed by atoms with Gasteiger partial charge < -0.3 is 11.1 Å². The van der Waals surface area contributed by atoms with Gasteiger partial charge in [-0.05, 0) is 29.0 Å². The van der Waals surface area contributed by atoms with Gasteiger partial charge in [0.05, 0.1) is 11.4 Å². The average Bonchev–Trinajstić information content (AvgIpc) is 2.18. The van der Waals surface area contributed by atoms with Crippen LogP contribution in [-0.4, -0.2) is 6.54 Å². The molecule has 0 bridgehead atoms. The molecule has 0 aliphatic rings. The van der Waals surface area contributed by atoms with E-state index in [4.69, 9.17) is 5.73 Å². The quantitative estimate of drug-likeness (QED) is 0.784. The maximum atomic E-state index is 13.1. The number of rotatable bonds is 3. The van der Waals surface area contributed by atoms with Crippen molar-refractivity contribution in [1.82, 2.24) is 0 Å². The van der Waals surface area contributed by atoms with Gasteiger partial charge in [0.2, 0.25) is 0 Å². The third kappa shape index (κ3) is 3.35. The fourth-order valence-corrected chi connectivity index (χ4v) is 1.26. The van der Waals surface area contributed by atoms with Crippen LogP contribution in [-0.2, 0) is 0 Å². The summed E-state index contributed by atoms with van der Waals surface area (Å²) in [5.41, 5.74) is 7.31. The Bertz CT molecular complexity index is 392. The Morgan fingerprint density at radius 2 is 1.76 bits per heavy atom. The summed E-state index contributed by atoms with van der Waals surface area (Å²) >= 11 is 0. The number of halogens is 1. The van der Waals surface area contributed by atoms with Crippen LogP contribution >= 0.6 is 0 Å². The first-order valence-electron chi connectivity index (χ1n) is 5.92. The third-order valence-corrected chi connectivity index (χ3v) is 3.77. The number of anilines is 2. The number of benzene rings is 1. The van der Waals surface area contributed by atoms with Crippen molar-refractivity contribution in [2.45, 2.75) is 34.6 Å². The fraction of sp³-hybridized carbons (Fsp3) is 0.571. The smallest absolute Gasteiger partial charge is 0.125 e. The number of nitrogens with one attached hydrogen (secondary N) is 1. The summed E-state index contributed by atoms with van der Waals surface area (Å²) in [5.74, 6) is -0.268. The van der Waals surface area contributed by atoms with Crippen LogP contribution in [0.2, 0.25) is 0 Å². The van der Waals surface area contributed by atoms with Gasteiger partial charge in [0.1, 0.15) is 5.82 Å². The van der Waals surface area contributed by atoms with E-state index >= 15 is 0 Å². The van der Waals surface area contributed by atoms with Gasteiger partial charge >= 0.3 is 0 Å². The van der Waals surface area contributed by atoms with E-state index in [9.17, 15) is 4.39 Å². The Morgan fingerprint density at radius 1 is 1.18 bits per heavy atom. The second-order valence-electron chi connectivity index (χ2n) is 6.22. The Kier molecular flexibility index (Phi) is 3.70. The normalized spacial score (nSPS) is 12.6. The molecule has 0 heterocycles. The van der Waals surface area contributed by atoms with Crippen molar-refractivity contribution in [2.75, 3.05) is 17.6 Å². The third-order valence-electron chi connectivity index (χ3n) is 3.77. The number of hydrogen-bond donors (Lipinski definition) is 2. The summed E-state index contributed by atoms with van der Waals surface area (Å²) in [6.07, 6.45) is 0. The molecule has 0 saturated heterocycles. The number of nitrogens with two attached hydrogens (primary N) is 1.